The number of esters is 2. The summed E-state index contributed by atoms with van der Waals surface area (Å²) in [5, 5.41) is 0. The van der Waals surface area contributed by atoms with E-state index in [2.05, 4.69) is 81.5 Å². The van der Waals surface area contributed by atoms with Gasteiger partial charge >= 0.3 is 11.9 Å². The molecule has 0 aromatic heterocycles. The molecule has 0 spiro atoms. The molecule has 0 heterocycles. The van der Waals surface area contributed by atoms with Crippen LogP contribution in [0, 0.1) is 0 Å². The van der Waals surface area contributed by atoms with Crippen molar-refractivity contribution in [2.24, 2.45) is 0 Å². The topological polar surface area (TPSA) is 61.8 Å². The summed E-state index contributed by atoms with van der Waals surface area (Å²) >= 11 is 0. The van der Waals surface area contributed by atoms with Gasteiger partial charge in [0.15, 0.2) is 6.10 Å². The Morgan fingerprint density at radius 2 is 0.900 bits per heavy atom. The molecule has 0 fully saturated rings. The zero-order chi connectivity index (χ0) is 36.4. The molecule has 0 aliphatic rings. The summed E-state index contributed by atoms with van der Waals surface area (Å²) in [6, 6.07) is 0. The summed E-state index contributed by atoms with van der Waals surface area (Å²) < 4.78 is 17.1. The highest BCUT2D eigenvalue weighted by Crippen LogP contribution is 2.12. The molecule has 0 bridgehead atoms. The van der Waals surface area contributed by atoms with Gasteiger partial charge in [-0.15, -0.1) is 0 Å². The van der Waals surface area contributed by atoms with Crippen LogP contribution in [0.4, 0.5) is 0 Å². The van der Waals surface area contributed by atoms with Gasteiger partial charge in [0.2, 0.25) is 0 Å². The molecule has 0 radical (unpaired) electrons. The monoisotopic (exact) mass is 699 g/mol. The minimum absolute atomic E-state index is 0.0579. The fourth-order valence-corrected chi connectivity index (χ4v) is 5.45. The molecule has 5 nitrogen and oxygen atoms in total. The van der Waals surface area contributed by atoms with Gasteiger partial charge in [0.25, 0.3) is 0 Å². The molecule has 0 saturated carbocycles. The van der Waals surface area contributed by atoms with E-state index in [4.69, 9.17) is 14.2 Å². The van der Waals surface area contributed by atoms with E-state index in [0.717, 1.165) is 83.5 Å². The number of hydrogen-bond acceptors (Lipinski definition) is 5. The first-order valence-electron chi connectivity index (χ1n) is 20.8. The van der Waals surface area contributed by atoms with Crippen molar-refractivity contribution in [3.8, 4) is 0 Å². The van der Waals surface area contributed by atoms with E-state index in [1.807, 2.05) is 0 Å². The summed E-state index contributed by atoms with van der Waals surface area (Å²) in [5.41, 5.74) is 0. The van der Waals surface area contributed by atoms with Crippen LogP contribution >= 0.6 is 0 Å². The lowest BCUT2D eigenvalue weighted by molar-refractivity contribution is -0.163. The van der Waals surface area contributed by atoms with Gasteiger partial charge in [0.05, 0.1) is 6.61 Å². The highest BCUT2D eigenvalue weighted by atomic mass is 16.6. The summed E-state index contributed by atoms with van der Waals surface area (Å²) in [5.74, 6) is -0.453. The maximum Gasteiger partial charge on any atom is 0.306 e. The Hall–Kier alpha value is -2.40. The second-order valence-electron chi connectivity index (χ2n) is 13.5. The van der Waals surface area contributed by atoms with Gasteiger partial charge in [-0.05, 0) is 77.0 Å². The Balaban J connectivity index is 4.19. The number of rotatable bonds is 37. The maximum absolute atomic E-state index is 12.5. The average Bonchev–Trinajstić information content (AvgIpc) is 3.11. The van der Waals surface area contributed by atoms with Gasteiger partial charge in [0, 0.05) is 19.4 Å². The van der Waals surface area contributed by atoms with E-state index < -0.39 is 6.10 Å². The van der Waals surface area contributed by atoms with Crippen LogP contribution in [0.1, 0.15) is 188 Å². The second-order valence-corrected chi connectivity index (χ2v) is 13.5. The van der Waals surface area contributed by atoms with Gasteiger partial charge in [0.1, 0.15) is 6.61 Å². The highest BCUT2D eigenvalue weighted by molar-refractivity contribution is 5.70. The Kier molecular flexibility index (Phi) is 39.1. The summed E-state index contributed by atoms with van der Waals surface area (Å²) in [6.07, 6.45) is 49.7. The minimum atomic E-state index is -0.561. The number of ether oxygens (including phenoxy) is 3. The number of allylic oxidation sites excluding steroid dienone is 10. The zero-order valence-electron chi connectivity index (χ0n) is 32.9. The number of carbonyl (C=O) groups excluding carboxylic acids is 2. The van der Waals surface area contributed by atoms with Gasteiger partial charge in [-0.2, -0.15) is 0 Å². The van der Waals surface area contributed by atoms with Crippen molar-refractivity contribution in [3.05, 3.63) is 60.8 Å². The van der Waals surface area contributed by atoms with Crippen molar-refractivity contribution in [1.82, 2.24) is 0 Å². The van der Waals surface area contributed by atoms with Crippen molar-refractivity contribution in [1.29, 1.82) is 0 Å². The fraction of sp³-hybridized carbons (Fsp3) is 0.733. The van der Waals surface area contributed by atoms with Crippen LogP contribution in [-0.4, -0.2) is 37.9 Å². The predicted octanol–water partition coefficient (Wildman–Crippen LogP) is 13.4. The molecule has 288 valence electrons. The molecule has 0 rings (SSSR count). The summed E-state index contributed by atoms with van der Waals surface area (Å²) in [7, 11) is 0. The molecule has 0 saturated heterocycles. The Morgan fingerprint density at radius 1 is 0.460 bits per heavy atom. The smallest absolute Gasteiger partial charge is 0.306 e. The molecular weight excluding hydrogens is 620 g/mol. The van der Waals surface area contributed by atoms with Crippen LogP contribution in [-0.2, 0) is 23.8 Å². The number of hydrogen-bond donors (Lipinski definition) is 0. The van der Waals surface area contributed by atoms with E-state index in [1.165, 1.54) is 70.6 Å². The molecule has 0 aromatic rings. The van der Waals surface area contributed by atoms with Crippen molar-refractivity contribution >= 4 is 11.9 Å². The molecule has 0 aliphatic carbocycles. The molecule has 1 atom stereocenters. The third kappa shape index (κ3) is 38.4. The standard InChI is InChI=1S/C45H78O5/c1-4-7-10-13-15-17-19-21-23-24-26-28-30-33-35-38-44(46)49-42-43(50-45(47)39-36-32-12-9-6-3)41-48-40-37-34-31-29-27-25-22-20-18-16-14-11-8-5-2/h8,11,16,18,21-23,25,29,31,43H,4-7,9-10,12-15,17,19-20,24,26-28,30,32-42H2,1-3H3/b11-8-,18-16-,23-21-,25-22-,31-29-. The number of carbonyl (C=O) groups is 2. The van der Waals surface area contributed by atoms with Crippen molar-refractivity contribution < 1.29 is 23.8 Å². The lowest BCUT2D eigenvalue weighted by atomic mass is 10.1. The van der Waals surface area contributed by atoms with Gasteiger partial charge in [-0.25, -0.2) is 0 Å². The van der Waals surface area contributed by atoms with Crippen molar-refractivity contribution in [2.75, 3.05) is 19.8 Å². The summed E-state index contributed by atoms with van der Waals surface area (Å²) in [6.45, 7) is 7.48. The summed E-state index contributed by atoms with van der Waals surface area (Å²) in [4.78, 5) is 24.9. The van der Waals surface area contributed by atoms with Crippen LogP contribution < -0.4 is 0 Å². The zero-order valence-corrected chi connectivity index (χ0v) is 32.9. The van der Waals surface area contributed by atoms with Crippen LogP contribution in [0.3, 0.4) is 0 Å². The van der Waals surface area contributed by atoms with Crippen LogP contribution in [0.25, 0.3) is 0 Å². The average molecular weight is 699 g/mol. The van der Waals surface area contributed by atoms with Gasteiger partial charge in [-0.1, -0.05) is 159 Å². The molecule has 0 aromatic carbocycles. The minimum Gasteiger partial charge on any atom is -0.462 e. The Morgan fingerprint density at radius 3 is 1.46 bits per heavy atom. The van der Waals surface area contributed by atoms with Crippen LogP contribution in [0.5, 0.6) is 0 Å². The van der Waals surface area contributed by atoms with E-state index in [9.17, 15) is 9.59 Å². The first-order chi connectivity index (χ1) is 24.6. The second kappa shape index (κ2) is 41.0. The normalized spacial score (nSPS) is 12.8. The van der Waals surface area contributed by atoms with Crippen molar-refractivity contribution in [3.63, 3.8) is 0 Å². The van der Waals surface area contributed by atoms with Crippen LogP contribution in [0.2, 0.25) is 0 Å². The Labute approximate surface area is 309 Å². The quantitative estimate of drug-likeness (QED) is 0.0367. The van der Waals surface area contributed by atoms with E-state index in [-0.39, 0.29) is 25.2 Å². The first kappa shape index (κ1) is 47.6. The van der Waals surface area contributed by atoms with E-state index in [1.54, 1.807) is 0 Å². The third-order valence-electron chi connectivity index (χ3n) is 8.54. The molecule has 5 heteroatoms. The molecular formula is C45H78O5. The van der Waals surface area contributed by atoms with Crippen LogP contribution in [0.15, 0.2) is 60.8 Å². The molecule has 50 heavy (non-hydrogen) atoms. The Bertz CT molecular complexity index is 884. The largest absolute Gasteiger partial charge is 0.462 e. The lowest BCUT2D eigenvalue weighted by Crippen LogP contribution is -2.30. The molecule has 0 amide bonds. The highest BCUT2D eigenvalue weighted by Gasteiger charge is 2.17. The van der Waals surface area contributed by atoms with Crippen molar-refractivity contribution in [2.45, 2.75) is 194 Å². The van der Waals surface area contributed by atoms with E-state index in [0.29, 0.717) is 19.4 Å². The third-order valence-corrected chi connectivity index (χ3v) is 8.54. The first-order valence-corrected chi connectivity index (χ1v) is 20.8. The molecule has 0 aliphatic heterocycles. The van der Waals surface area contributed by atoms with Gasteiger partial charge in [-0.3, -0.25) is 9.59 Å². The fourth-order valence-electron chi connectivity index (χ4n) is 5.45. The molecule has 1 unspecified atom stereocenters. The number of unbranched alkanes of at least 4 members (excludes halogenated alkanes) is 16. The predicted molar refractivity (Wildman–Crippen MR) is 214 cm³/mol. The SMILES string of the molecule is CC/C=C\C/C=C\C/C=C\C/C=C\CCCOCC(COC(=O)CCCCCCC/C=C\CCCCCCCC)OC(=O)CCCCCCC. The lowest BCUT2D eigenvalue weighted by Gasteiger charge is -2.18. The maximum atomic E-state index is 12.5. The van der Waals surface area contributed by atoms with E-state index >= 15 is 0 Å². The molecule has 0 N–H and O–H groups in total. The van der Waals surface area contributed by atoms with Gasteiger partial charge < -0.3 is 14.2 Å².